The molecule has 1 aromatic rings. The lowest BCUT2D eigenvalue weighted by molar-refractivity contribution is -0.753. The third-order valence-corrected chi connectivity index (χ3v) is 2.96. The monoisotopic (exact) mass is 376 g/mol. The molecule has 0 radical (unpaired) electrons. The Morgan fingerprint density at radius 3 is 2.54 bits per heavy atom. The maximum atomic E-state index is 11.6. The minimum atomic E-state index is -4.21. The van der Waals surface area contributed by atoms with Crippen molar-refractivity contribution >= 4 is 11.9 Å². The van der Waals surface area contributed by atoms with E-state index in [1.807, 2.05) is 0 Å². The molecule has 10 heteroatoms. The van der Waals surface area contributed by atoms with Crippen LogP contribution in [0.25, 0.3) is 0 Å². The maximum Gasteiger partial charge on any atom is 0.414 e. The molecule has 1 aromatic heterocycles. The summed E-state index contributed by atoms with van der Waals surface area (Å²) in [4.78, 5) is 21.9. The third-order valence-electron chi connectivity index (χ3n) is 2.96. The number of halogens is 3. The quantitative estimate of drug-likeness (QED) is 0.424. The fourth-order valence-electron chi connectivity index (χ4n) is 1.34. The topological polar surface area (TPSA) is 92.4 Å². The molecule has 1 unspecified atom stereocenters. The van der Waals surface area contributed by atoms with Crippen LogP contribution in [0, 0.1) is 12.3 Å². The molecule has 1 atom stereocenters. The number of nitrogens with zero attached hydrogens (tertiary/aromatic N) is 2. The Labute approximate surface area is 149 Å². The number of methoxy groups -OCH3 is 1. The van der Waals surface area contributed by atoms with Crippen molar-refractivity contribution < 1.29 is 37.3 Å². The smallest absolute Gasteiger partial charge is 0.414 e. The van der Waals surface area contributed by atoms with Crippen LogP contribution in [0.15, 0.2) is 18.5 Å². The first kappa shape index (κ1) is 23.3. The lowest BCUT2D eigenvalue weighted by atomic mass is 10.3. The average Bonchev–Trinajstić information content (AvgIpc) is 2.59. The van der Waals surface area contributed by atoms with E-state index >= 15 is 0 Å². The molecule has 0 spiro atoms. The van der Waals surface area contributed by atoms with E-state index in [0.717, 1.165) is 14.0 Å². The minimum absolute atomic E-state index is 0.00855. The summed E-state index contributed by atoms with van der Waals surface area (Å²) in [5.41, 5.74) is 0.415. The van der Waals surface area contributed by atoms with Gasteiger partial charge in [0.05, 0.1) is 5.56 Å². The van der Waals surface area contributed by atoms with Crippen molar-refractivity contribution in [1.82, 2.24) is 10.4 Å². The summed E-state index contributed by atoms with van der Waals surface area (Å²) in [6, 6.07) is 1.58. The molecule has 144 valence electrons. The lowest BCUT2D eigenvalue weighted by Crippen LogP contribution is -2.39. The summed E-state index contributed by atoms with van der Waals surface area (Å²) >= 11 is 0. The number of hydrogen-bond donors (Lipinski definition) is 2. The summed E-state index contributed by atoms with van der Waals surface area (Å²) < 4.78 is 39.4. The van der Waals surface area contributed by atoms with E-state index < -0.39 is 18.2 Å². The van der Waals surface area contributed by atoms with Crippen molar-refractivity contribution in [3.63, 3.8) is 0 Å². The lowest BCUT2D eigenvalue weighted by Gasteiger charge is -2.12. The molecular weight excluding hydrogens is 355 g/mol. The second-order valence-corrected chi connectivity index (χ2v) is 4.95. The molecule has 2 N–H and O–H groups in total. The van der Waals surface area contributed by atoms with Gasteiger partial charge in [-0.25, -0.2) is 0 Å². The second-order valence-electron chi connectivity index (χ2n) is 4.95. The van der Waals surface area contributed by atoms with Crippen molar-refractivity contribution in [3.8, 4) is 12.3 Å². The van der Waals surface area contributed by atoms with Crippen molar-refractivity contribution in [2.75, 3.05) is 13.7 Å². The third kappa shape index (κ3) is 10.2. The molecule has 1 heterocycles. The van der Waals surface area contributed by atoms with E-state index in [1.165, 1.54) is 10.9 Å². The number of amides is 1. The number of aromatic nitrogens is 2. The zero-order chi connectivity index (χ0) is 20.2. The number of aliphatic carboxylic acids is 1. The number of carbonyl (C=O) groups excluding carboxylic acids is 1. The molecule has 7 nitrogen and oxygen atoms in total. The van der Waals surface area contributed by atoms with E-state index in [2.05, 4.69) is 21.1 Å². The molecule has 0 saturated carbocycles. The van der Waals surface area contributed by atoms with Crippen LogP contribution in [0.2, 0.25) is 0 Å². The van der Waals surface area contributed by atoms with Gasteiger partial charge in [0.15, 0.2) is 12.7 Å². The molecule has 0 fully saturated rings. The molecule has 0 aromatic carbocycles. The van der Waals surface area contributed by atoms with E-state index in [4.69, 9.17) is 11.5 Å². The number of ether oxygens (including phenoxy) is 1. The van der Waals surface area contributed by atoms with Crippen LogP contribution >= 0.6 is 0 Å². The molecule has 1 amide bonds. The highest BCUT2D eigenvalue weighted by Crippen LogP contribution is 2.21. The van der Waals surface area contributed by atoms with Gasteiger partial charge < -0.3 is 15.2 Å². The molecular formula is C16H21F3N3O4+. The zero-order valence-electron chi connectivity index (χ0n) is 14.4. The molecule has 1 rings (SSSR count). The Morgan fingerprint density at radius 2 is 2.15 bits per heavy atom. The summed E-state index contributed by atoms with van der Waals surface area (Å²) in [5, 5.41) is 15.1. The van der Waals surface area contributed by atoms with Gasteiger partial charge in [-0.15, -0.1) is 12.3 Å². The molecule has 0 bridgehead atoms. The van der Waals surface area contributed by atoms with E-state index in [1.54, 1.807) is 12.3 Å². The van der Waals surface area contributed by atoms with Crippen molar-refractivity contribution in [2.24, 2.45) is 0 Å². The molecule has 0 saturated heterocycles. The number of rotatable bonds is 7. The number of hydrogen-bond acceptors (Lipinski definition) is 4. The van der Waals surface area contributed by atoms with Gasteiger partial charge in [0, 0.05) is 26.1 Å². The van der Waals surface area contributed by atoms with Crippen LogP contribution in [0.3, 0.4) is 0 Å². The SMILES string of the molecule is C#CCCNC(=O)c1cc[n+](CCC(=O)O)nc1.COC(C)C(F)(F)F. The standard InChI is InChI=1S/C12H13N3O3.C4H7F3O/c1-2-3-6-13-12(18)10-4-7-15(14-9-10)8-5-11(16)17;1-3(8-2)4(5,6)7/h1,4,7,9H,3,5-6,8H2,(H-,13,16,17,18);3H,1-2H3/p+1. The molecule has 0 aliphatic heterocycles. The van der Waals surface area contributed by atoms with Crippen molar-refractivity contribution in [3.05, 3.63) is 24.0 Å². The summed E-state index contributed by atoms with van der Waals surface area (Å²) in [7, 11) is 1.03. The Kier molecular flexibility index (Phi) is 10.6. The minimum Gasteiger partial charge on any atom is -0.481 e. The predicted molar refractivity (Wildman–Crippen MR) is 85.0 cm³/mol. The Hall–Kier alpha value is -2.67. The van der Waals surface area contributed by atoms with Crippen molar-refractivity contribution in [1.29, 1.82) is 0 Å². The maximum absolute atomic E-state index is 11.6. The Morgan fingerprint density at radius 1 is 1.50 bits per heavy atom. The summed E-state index contributed by atoms with van der Waals surface area (Å²) in [6.07, 6.45) is 2.63. The molecule has 0 aliphatic carbocycles. The van der Waals surface area contributed by atoms with Crippen molar-refractivity contribution in [2.45, 2.75) is 38.6 Å². The first-order valence-electron chi connectivity index (χ1n) is 7.50. The summed E-state index contributed by atoms with van der Waals surface area (Å²) in [6.45, 7) is 1.65. The van der Waals surface area contributed by atoms with Gasteiger partial charge in [0.1, 0.15) is 18.7 Å². The van der Waals surface area contributed by atoms with E-state index in [9.17, 15) is 22.8 Å². The first-order chi connectivity index (χ1) is 12.1. The Balaban J connectivity index is 0.000000660. The van der Waals surface area contributed by atoms with Gasteiger partial charge in [0.25, 0.3) is 5.91 Å². The fraction of sp³-hybridized carbons (Fsp3) is 0.500. The Bertz CT molecular complexity index is 613. The number of nitrogens with one attached hydrogen (secondary N) is 1. The first-order valence-corrected chi connectivity index (χ1v) is 7.50. The van der Waals surface area contributed by atoms with E-state index in [-0.39, 0.29) is 18.9 Å². The van der Waals surface area contributed by atoms with Crippen LogP contribution in [-0.4, -0.2) is 48.0 Å². The highest BCUT2D eigenvalue weighted by atomic mass is 19.4. The second kappa shape index (κ2) is 11.8. The average molecular weight is 376 g/mol. The number of alkyl halides is 3. The largest absolute Gasteiger partial charge is 0.481 e. The van der Waals surface area contributed by atoms with Crippen LogP contribution < -0.4 is 10.00 Å². The highest BCUT2D eigenvalue weighted by molar-refractivity contribution is 5.93. The zero-order valence-corrected chi connectivity index (χ0v) is 14.4. The van der Waals surface area contributed by atoms with Crippen LogP contribution in [0.1, 0.15) is 30.1 Å². The van der Waals surface area contributed by atoms with Gasteiger partial charge in [-0.2, -0.15) is 13.2 Å². The number of carbonyl (C=O) groups is 2. The predicted octanol–water partition coefficient (Wildman–Crippen LogP) is 1.18. The number of terminal acetylenes is 1. The highest BCUT2D eigenvalue weighted by Gasteiger charge is 2.35. The molecule has 26 heavy (non-hydrogen) atoms. The van der Waals surface area contributed by atoms with Gasteiger partial charge in [0.2, 0.25) is 0 Å². The fourth-order valence-corrected chi connectivity index (χ4v) is 1.34. The van der Waals surface area contributed by atoms with Crippen LogP contribution in [-0.2, 0) is 16.1 Å². The number of carboxylic acids is 1. The van der Waals surface area contributed by atoms with Gasteiger partial charge >= 0.3 is 12.1 Å². The van der Waals surface area contributed by atoms with Crippen LogP contribution in [0.5, 0.6) is 0 Å². The van der Waals surface area contributed by atoms with E-state index in [0.29, 0.717) is 18.5 Å². The van der Waals surface area contributed by atoms with Gasteiger partial charge in [-0.3, -0.25) is 9.59 Å². The van der Waals surface area contributed by atoms with Gasteiger partial charge in [-0.1, -0.05) is 4.68 Å². The normalized spacial score (nSPS) is 11.5. The van der Waals surface area contributed by atoms with Gasteiger partial charge in [-0.05, 0) is 12.0 Å². The van der Waals surface area contributed by atoms with Crippen LogP contribution in [0.4, 0.5) is 13.2 Å². The number of carboxylic acid groups (broad SMARTS) is 1. The number of aryl methyl sites for hydroxylation is 1. The summed E-state index contributed by atoms with van der Waals surface area (Å²) in [5.74, 6) is 1.29. The molecule has 0 aliphatic rings.